The van der Waals surface area contributed by atoms with E-state index in [1.165, 1.54) is 6.07 Å². The smallest absolute Gasteiger partial charge is 0.129 e. The van der Waals surface area contributed by atoms with Crippen LogP contribution in [0.1, 0.15) is 22.8 Å². The summed E-state index contributed by atoms with van der Waals surface area (Å²) in [6.45, 7) is 1.17. The predicted molar refractivity (Wildman–Crippen MR) is 100 cm³/mol. The van der Waals surface area contributed by atoms with E-state index in [4.69, 9.17) is 4.74 Å². The number of nitrogens with one attached hydrogen (secondary N) is 1. The third-order valence-electron chi connectivity index (χ3n) is 4.15. The highest BCUT2D eigenvalue weighted by molar-refractivity contribution is 5.33. The quantitative estimate of drug-likeness (QED) is 0.638. The molecule has 3 nitrogen and oxygen atoms in total. The molecule has 0 heterocycles. The average molecular weight is 351 g/mol. The summed E-state index contributed by atoms with van der Waals surface area (Å²) in [5, 5.41) is 13.5. The summed E-state index contributed by atoms with van der Waals surface area (Å²) >= 11 is 0. The fourth-order valence-electron chi connectivity index (χ4n) is 2.70. The second-order valence-electron chi connectivity index (χ2n) is 6.05. The van der Waals surface area contributed by atoms with Crippen molar-refractivity contribution in [3.63, 3.8) is 0 Å². The van der Waals surface area contributed by atoms with Crippen molar-refractivity contribution in [1.82, 2.24) is 5.32 Å². The van der Waals surface area contributed by atoms with Gasteiger partial charge in [-0.1, -0.05) is 66.7 Å². The molecule has 134 valence electrons. The van der Waals surface area contributed by atoms with Crippen LogP contribution in [0, 0.1) is 5.82 Å². The van der Waals surface area contributed by atoms with Gasteiger partial charge < -0.3 is 15.2 Å². The standard InChI is InChI=1S/C22H22FNO2/c23-20-12-6-4-11-19(20)16-26-22-13-7-5-10-18(22)14-24-15-21(25)17-8-2-1-3-9-17/h1-13,21,24-25H,14-16H2/t21-/m0/s1. The summed E-state index contributed by atoms with van der Waals surface area (Å²) in [6, 6.07) is 23.8. The lowest BCUT2D eigenvalue weighted by molar-refractivity contribution is 0.174. The molecule has 0 spiro atoms. The molecule has 0 radical (unpaired) electrons. The molecular formula is C22H22FNO2. The van der Waals surface area contributed by atoms with Crippen LogP contribution < -0.4 is 10.1 Å². The summed E-state index contributed by atoms with van der Waals surface area (Å²) in [4.78, 5) is 0. The minimum absolute atomic E-state index is 0.177. The number of aliphatic hydroxyl groups is 1. The van der Waals surface area contributed by atoms with Gasteiger partial charge >= 0.3 is 0 Å². The van der Waals surface area contributed by atoms with Crippen LogP contribution in [0.15, 0.2) is 78.9 Å². The fourth-order valence-corrected chi connectivity index (χ4v) is 2.70. The van der Waals surface area contributed by atoms with E-state index in [1.807, 2.05) is 54.6 Å². The number of rotatable bonds is 8. The number of hydrogen-bond donors (Lipinski definition) is 2. The van der Waals surface area contributed by atoms with E-state index in [0.29, 0.717) is 24.4 Å². The first-order valence-electron chi connectivity index (χ1n) is 8.62. The van der Waals surface area contributed by atoms with Gasteiger partial charge in [-0.2, -0.15) is 0 Å². The van der Waals surface area contributed by atoms with Crippen LogP contribution in [0.3, 0.4) is 0 Å². The number of halogens is 1. The van der Waals surface area contributed by atoms with Gasteiger partial charge in [-0.05, 0) is 17.7 Å². The fraction of sp³-hybridized carbons (Fsp3) is 0.182. The van der Waals surface area contributed by atoms with Gasteiger partial charge in [-0.3, -0.25) is 0 Å². The first-order valence-corrected chi connectivity index (χ1v) is 8.62. The van der Waals surface area contributed by atoms with Gasteiger partial charge in [0.2, 0.25) is 0 Å². The van der Waals surface area contributed by atoms with E-state index in [0.717, 1.165) is 11.1 Å². The lowest BCUT2D eigenvalue weighted by Crippen LogP contribution is -2.21. The van der Waals surface area contributed by atoms with Crippen LogP contribution in [0.5, 0.6) is 5.75 Å². The SMILES string of the molecule is O[C@@H](CNCc1ccccc1OCc1ccccc1F)c1ccccc1. The van der Waals surface area contributed by atoms with E-state index in [2.05, 4.69) is 5.32 Å². The van der Waals surface area contributed by atoms with E-state index >= 15 is 0 Å². The molecule has 0 aliphatic rings. The first kappa shape index (κ1) is 18.1. The minimum Gasteiger partial charge on any atom is -0.488 e. The minimum atomic E-state index is -0.567. The maximum Gasteiger partial charge on any atom is 0.129 e. The maximum atomic E-state index is 13.7. The number of benzene rings is 3. The van der Waals surface area contributed by atoms with E-state index < -0.39 is 6.10 Å². The van der Waals surface area contributed by atoms with Gasteiger partial charge in [-0.25, -0.2) is 4.39 Å². The average Bonchev–Trinajstić information content (AvgIpc) is 2.69. The monoisotopic (exact) mass is 351 g/mol. The van der Waals surface area contributed by atoms with Gasteiger partial charge in [0.25, 0.3) is 0 Å². The molecule has 0 aliphatic heterocycles. The molecule has 0 aromatic heterocycles. The summed E-state index contributed by atoms with van der Waals surface area (Å²) in [5.41, 5.74) is 2.36. The molecule has 0 saturated carbocycles. The molecule has 3 aromatic carbocycles. The Labute approximate surface area is 153 Å². The molecule has 0 aliphatic carbocycles. The molecule has 0 saturated heterocycles. The Morgan fingerprint density at radius 3 is 2.27 bits per heavy atom. The molecule has 26 heavy (non-hydrogen) atoms. The van der Waals surface area contributed by atoms with Crippen LogP contribution in [0.4, 0.5) is 4.39 Å². The van der Waals surface area contributed by atoms with E-state index in [-0.39, 0.29) is 12.4 Å². The summed E-state index contributed by atoms with van der Waals surface area (Å²) < 4.78 is 19.5. The molecule has 3 rings (SSSR count). The Morgan fingerprint density at radius 1 is 0.846 bits per heavy atom. The zero-order chi connectivity index (χ0) is 18.2. The highest BCUT2D eigenvalue weighted by Gasteiger charge is 2.09. The van der Waals surface area contributed by atoms with E-state index in [9.17, 15) is 9.50 Å². The lowest BCUT2D eigenvalue weighted by atomic mass is 10.1. The third kappa shape index (κ3) is 4.91. The van der Waals surface area contributed by atoms with E-state index in [1.54, 1.807) is 18.2 Å². The van der Waals surface area contributed by atoms with Gasteiger partial charge in [0.15, 0.2) is 0 Å². The van der Waals surface area contributed by atoms with Gasteiger partial charge in [-0.15, -0.1) is 0 Å². The Balaban J connectivity index is 1.56. The molecule has 0 fully saturated rings. The molecule has 3 aromatic rings. The highest BCUT2D eigenvalue weighted by Crippen LogP contribution is 2.20. The summed E-state index contributed by atoms with van der Waals surface area (Å²) in [7, 11) is 0. The van der Waals surface area contributed by atoms with Crippen molar-refractivity contribution >= 4 is 0 Å². The summed E-state index contributed by atoms with van der Waals surface area (Å²) in [5.74, 6) is 0.437. The van der Waals surface area contributed by atoms with Crippen molar-refractivity contribution < 1.29 is 14.2 Å². The lowest BCUT2D eigenvalue weighted by Gasteiger charge is -2.15. The van der Waals surface area contributed by atoms with Crippen molar-refractivity contribution in [2.75, 3.05) is 6.54 Å². The Bertz CT molecular complexity index is 823. The van der Waals surface area contributed by atoms with Gasteiger partial charge in [0.05, 0.1) is 6.10 Å². The summed E-state index contributed by atoms with van der Waals surface area (Å²) in [6.07, 6.45) is -0.567. The molecule has 0 unspecified atom stereocenters. The second kappa shape index (κ2) is 9.13. The van der Waals surface area contributed by atoms with Crippen LogP contribution in [0.2, 0.25) is 0 Å². The Kier molecular flexibility index (Phi) is 6.36. The number of ether oxygens (including phenoxy) is 1. The third-order valence-corrected chi connectivity index (χ3v) is 4.15. The zero-order valence-corrected chi connectivity index (χ0v) is 14.4. The zero-order valence-electron chi connectivity index (χ0n) is 14.4. The predicted octanol–water partition coefficient (Wildman–Crippen LogP) is 4.23. The van der Waals surface area contributed by atoms with Crippen molar-refractivity contribution in [2.24, 2.45) is 0 Å². The molecule has 0 bridgehead atoms. The van der Waals surface area contributed by atoms with Crippen molar-refractivity contribution in [1.29, 1.82) is 0 Å². The number of para-hydroxylation sites is 1. The van der Waals surface area contributed by atoms with Crippen molar-refractivity contribution in [2.45, 2.75) is 19.3 Å². The molecule has 1 atom stereocenters. The molecule has 2 N–H and O–H groups in total. The highest BCUT2D eigenvalue weighted by atomic mass is 19.1. The normalized spacial score (nSPS) is 11.9. The topological polar surface area (TPSA) is 41.5 Å². The number of hydrogen-bond acceptors (Lipinski definition) is 3. The van der Waals surface area contributed by atoms with Gasteiger partial charge in [0.1, 0.15) is 18.2 Å². The van der Waals surface area contributed by atoms with Crippen molar-refractivity contribution in [3.05, 3.63) is 101 Å². The van der Waals surface area contributed by atoms with Crippen LogP contribution in [0.25, 0.3) is 0 Å². The molecule has 4 heteroatoms. The number of aliphatic hydroxyl groups excluding tert-OH is 1. The molecular weight excluding hydrogens is 329 g/mol. The maximum absolute atomic E-state index is 13.7. The van der Waals surface area contributed by atoms with Crippen LogP contribution in [-0.2, 0) is 13.2 Å². The van der Waals surface area contributed by atoms with Gasteiger partial charge in [0, 0.05) is 24.2 Å². The second-order valence-corrected chi connectivity index (χ2v) is 6.05. The Morgan fingerprint density at radius 2 is 1.50 bits per heavy atom. The van der Waals surface area contributed by atoms with Crippen LogP contribution >= 0.6 is 0 Å². The largest absolute Gasteiger partial charge is 0.488 e. The first-order chi connectivity index (χ1) is 12.7. The van der Waals surface area contributed by atoms with Crippen LogP contribution in [-0.4, -0.2) is 11.7 Å². The molecule has 0 amide bonds. The Hall–Kier alpha value is -2.69. The van der Waals surface area contributed by atoms with Crippen molar-refractivity contribution in [3.8, 4) is 5.75 Å².